The average Bonchev–Trinajstić information content (AvgIpc) is 2.71. The number of amides is 1. The Morgan fingerprint density at radius 2 is 1.82 bits per heavy atom. The van der Waals surface area contributed by atoms with E-state index in [2.05, 4.69) is 10.6 Å². The molecule has 0 aliphatic carbocycles. The second-order valence-electron chi connectivity index (χ2n) is 6.34. The Hall–Kier alpha value is -3.42. The van der Waals surface area contributed by atoms with Crippen molar-refractivity contribution in [2.24, 2.45) is 0 Å². The van der Waals surface area contributed by atoms with E-state index in [0.29, 0.717) is 12.2 Å². The van der Waals surface area contributed by atoms with Crippen LogP contribution in [0.3, 0.4) is 0 Å². The van der Waals surface area contributed by atoms with E-state index in [0.717, 1.165) is 11.6 Å². The Balaban J connectivity index is 1.99. The highest BCUT2D eigenvalue weighted by Crippen LogP contribution is 2.23. The zero-order chi connectivity index (χ0) is 20.7. The molecule has 0 fully saturated rings. The maximum absolute atomic E-state index is 12.4. The molecule has 0 saturated heterocycles. The summed E-state index contributed by atoms with van der Waals surface area (Å²) in [5.41, 5.74) is 1.22. The van der Waals surface area contributed by atoms with Gasteiger partial charge in [0.05, 0.1) is 10.5 Å². The molecule has 0 saturated carbocycles. The maximum Gasteiger partial charge on any atom is 0.341 e. The number of nitro groups is 1. The first-order valence-electron chi connectivity index (χ1n) is 8.83. The SMILES string of the molecule is CNc1ccc([N+](=O)[O-])cc1C(=O)O[C@H](C)C(=O)NC[C@H](C)c1ccccc1. The predicted molar refractivity (Wildman–Crippen MR) is 105 cm³/mol. The van der Waals surface area contributed by atoms with Gasteiger partial charge < -0.3 is 15.4 Å². The molecule has 2 N–H and O–H groups in total. The van der Waals surface area contributed by atoms with E-state index in [-0.39, 0.29) is 17.2 Å². The molecule has 0 radical (unpaired) electrons. The molecule has 0 spiro atoms. The molecule has 2 atom stereocenters. The van der Waals surface area contributed by atoms with E-state index in [1.54, 1.807) is 7.05 Å². The van der Waals surface area contributed by atoms with Crippen LogP contribution >= 0.6 is 0 Å². The second-order valence-corrected chi connectivity index (χ2v) is 6.34. The number of nitrogens with zero attached hydrogens (tertiary/aromatic N) is 1. The topological polar surface area (TPSA) is 111 Å². The molecule has 0 unspecified atom stereocenters. The number of esters is 1. The minimum atomic E-state index is -1.04. The fraction of sp³-hybridized carbons (Fsp3) is 0.300. The number of ether oxygens (including phenoxy) is 1. The van der Waals surface area contributed by atoms with Crippen LogP contribution in [-0.2, 0) is 9.53 Å². The van der Waals surface area contributed by atoms with Gasteiger partial charge in [0.2, 0.25) is 0 Å². The van der Waals surface area contributed by atoms with Crippen molar-refractivity contribution in [1.82, 2.24) is 5.32 Å². The second kappa shape index (κ2) is 9.50. The molecule has 2 aromatic carbocycles. The summed E-state index contributed by atoms with van der Waals surface area (Å²) in [5.74, 6) is -1.15. The Bertz CT molecular complexity index is 854. The summed E-state index contributed by atoms with van der Waals surface area (Å²) in [6.07, 6.45) is -1.04. The van der Waals surface area contributed by atoms with E-state index < -0.39 is 22.9 Å². The number of carbonyl (C=O) groups excluding carboxylic acids is 2. The third kappa shape index (κ3) is 5.29. The van der Waals surface area contributed by atoms with Gasteiger partial charge in [-0.3, -0.25) is 14.9 Å². The molecular weight excluding hydrogens is 362 g/mol. The molecule has 0 aromatic heterocycles. The third-order valence-electron chi connectivity index (χ3n) is 4.31. The maximum atomic E-state index is 12.4. The average molecular weight is 385 g/mol. The molecule has 0 aliphatic heterocycles. The fourth-order valence-corrected chi connectivity index (χ4v) is 2.61. The Morgan fingerprint density at radius 1 is 1.14 bits per heavy atom. The molecule has 0 bridgehead atoms. The van der Waals surface area contributed by atoms with Crippen molar-refractivity contribution in [2.45, 2.75) is 25.9 Å². The first kappa shape index (κ1) is 20.9. The summed E-state index contributed by atoms with van der Waals surface area (Å²) in [4.78, 5) is 35.0. The standard InChI is InChI=1S/C20H23N3O5/c1-13(15-7-5-4-6-8-15)12-22-19(24)14(2)28-20(25)17-11-16(23(26)27)9-10-18(17)21-3/h4-11,13-14,21H,12H2,1-3H3,(H,22,24)/t13-,14+/m0/s1. The lowest BCUT2D eigenvalue weighted by molar-refractivity contribution is -0.384. The minimum absolute atomic E-state index is 0.00555. The van der Waals surface area contributed by atoms with Gasteiger partial charge in [0.15, 0.2) is 6.10 Å². The number of nitro benzene ring substituents is 1. The summed E-state index contributed by atoms with van der Waals surface area (Å²) in [6.45, 7) is 3.83. The van der Waals surface area contributed by atoms with Crippen molar-refractivity contribution in [3.8, 4) is 0 Å². The van der Waals surface area contributed by atoms with Crippen LogP contribution in [0, 0.1) is 10.1 Å². The number of hydrogen-bond acceptors (Lipinski definition) is 6. The van der Waals surface area contributed by atoms with Crippen LogP contribution < -0.4 is 10.6 Å². The molecule has 0 heterocycles. The smallest absolute Gasteiger partial charge is 0.341 e. The van der Waals surface area contributed by atoms with Gasteiger partial charge in [-0.2, -0.15) is 0 Å². The summed E-state index contributed by atoms with van der Waals surface area (Å²) in [7, 11) is 1.58. The molecule has 8 nitrogen and oxygen atoms in total. The summed E-state index contributed by atoms with van der Waals surface area (Å²) in [6, 6.07) is 13.5. The quantitative estimate of drug-likeness (QED) is 0.410. The first-order valence-corrected chi connectivity index (χ1v) is 8.83. The molecule has 28 heavy (non-hydrogen) atoms. The monoisotopic (exact) mass is 385 g/mol. The van der Waals surface area contributed by atoms with Gasteiger partial charge in [-0.25, -0.2) is 4.79 Å². The van der Waals surface area contributed by atoms with Crippen LogP contribution in [-0.4, -0.2) is 36.5 Å². The number of carbonyl (C=O) groups is 2. The molecule has 2 rings (SSSR count). The van der Waals surface area contributed by atoms with Gasteiger partial charge in [-0.05, 0) is 24.5 Å². The highest BCUT2D eigenvalue weighted by Gasteiger charge is 2.23. The van der Waals surface area contributed by atoms with E-state index in [9.17, 15) is 19.7 Å². The molecule has 148 valence electrons. The lowest BCUT2D eigenvalue weighted by Crippen LogP contribution is -2.37. The van der Waals surface area contributed by atoms with Gasteiger partial charge in [-0.1, -0.05) is 37.3 Å². The first-order chi connectivity index (χ1) is 13.3. The number of non-ortho nitro benzene ring substituents is 1. The minimum Gasteiger partial charge on any atom is -0.449 e. The van der Waals surface area contributed by atoms with Crippen LogP contribution in [0.25, 0.3) is 0 Å². The Labute approximate surface area is 163 Å². The van der Waals surface area contributed by atoms with Crippen molar-refractivity contribution in [2.75, 3.05) is 18.9 Å². The molecular formula is C20H23N3O5. The van der Waals surface area contributed by atoms with Gasteiger partial charge in [0.1, 0.15) is 0 Å². The Morgan fingerprint density at radius 3 is 2.43 bits per heavy atom. The fourth-order valence-electron chi connectivity index (χ4n) is 2.61. The van der Waals surface area contributed by atoms with Crippen molar-refractivity contribution >= 4 is 23.3 Å². The van der Waals surface area contributed by atoms with E-state index >= 15 is 0 Å². The highest BCUT2D eigenvalue weighted by atomic mass is 16.6. The van der Waals surface area contributed by atoms with Crippen LogP contribution in [0.15, 0.2) is 48.5 Å². The van der Waals surface area contributed by atoms with Crippen molar-refractivity contribution in [3.63, 3.8) is 0 Å². The lowest BCUT2D eigenvalue weighted by Gasteiger charge is -2.17. The van der Waals surface area contributed by atoms with Gasteiger partial charge in [0.25, 0.3) is 11.6 Å². The number of anilines is 1. The van der Waals surface area contributed by atoms with Crippen molar-refractivity contribution in [1.29, 1.82) is 0 Å². The summed E-state index contributed by atoms with van der Waals surface area (Å²) < 4.78 is 5.20. The molecule has 8 heteroatoms. The summed E-state index contributed by atoms with van der Waals surface area (Å²) >= 11 is 0. The van der Waals surface area contributed by atoms with Gasteiger partial charge >= 0.3 is 5.97 Å². The number of rotatable bonds is 8. The van der Waals surface area contributed by atoms with Crippen LogP contribution in [0.2, 0.25) is 0 Å². The van der Waals surface area contributed by atoms with Gasteiger partial charge in [-0.15, -0.1) is 0 Å². The largest absolute Gasteiger partial charge is 0.449 e. The van der Waals surface area contributed by atoms with Crippen LogP contribution in [0.5, 0.6) is 0 Å². The zero-order valence-electron chi connectivity index (χ0n) is 16.0. The highest BCUT2D eigenvalue weighted by molar-refractivity contribution is 5.98. The van der Waals surface area contributed by atoms with E-state index in [1.165, 1.54) is 19.1 Å². The Kier molecular flexibility index (Phi) is 7.08. The number of nitrogens with one attached hydrogen (secondary N) is 2. The van der Waals surface area contributed by atoms with E-state index in [4.69, 9.17) is 4.74 Å². The van der Waals surface area contributed by atoms with E-state index in [1.807, 2.05) is 37.3 Å². The number of benzene rings is 2. The normalized spacial score (nSPS) is 12.5. The van der Waals surface area contributed by atoms with Crippen molar-refractivity contribution in [3.05, 3.63) is 69.8 Å². The summed E-state index contributed by atoms with van der Waals surface area (Å²) in [5, 5.41) is 16.5. The van der Waals surface area contributed by atoms with Crippen LogP contribution in [0.4, 0.5) is 11.4 Å². The van der Waals surface area contributed by atoms with Gasteiger partial charge in [0, 0.05) is 31.4 Å². The third-order valence-corrected chi connectivity index (χ3v) is 4.31. The lowest BCUT2D eigenvalue weighted by atomic mass is 10.0. The van der Waals surface area contributed by atoms with Crippen molar-refractivity contribution < 1.29 is 19.2 Å². The zero-order valence-corrected chi connectivity index (χ0v) is 16.0. The molecule has 1 amide bonds. The number of hydrogen-bond donors (Lipinski definition) is 2. The molecule has 2 aromatic rings. The van der Waals surface area contributed by atoms with Crippen LogP contribution in [0.1, 0.15) is 35.7 Å². The predicted octanol–water partition coefficient (Wildman–Crippen LogP) is 3.10. The molecule has 0 aliphatic rings.